The molecule has 170 valence electrons. The molecular formula is C26H56N2. The maximum atomic E-state index is 3.63. The lowest BCUT2D eigenvalue weighted by atomic mass is 10.1. The van der Waals surface area contributed by atoms with Crippen molar-refractivity contribution in [1.82, 2.24) is 10.6 Å². The van der Waals surface area contributed by atoms with Crippen LogP contribution in [0.2, 0.25) is 0 Å². The Bertz CT molecular complexity index is 229. The van der Waals surface area contributed by atoms with Crippen LogP contribution in [0.15, 0.2) is 0 Å². The quantitative estimate of drug-likeness (QED) is 0.153. The van der Waals surface area contributed by atoms with E-state index in [1.807, 2.05) is 0 Å². The molecule has 2 N–H and O–H groups in total. The van der Waals surface area contributed by atoms with E-state index in [-0.39, 0.29) is 0 Å². The average molecular weight is 397 g/mol. The molecule has 0 aromatic rings. The molecule has 0 saturated heterocycles. The van der Waals surface area contributed by atoms with Gasteiger partial charge >= 0.3 is 0 Å². The summed E-state index contributed by atoms with van der Waals surface area (Å²) in [5, 5.41) is 7.26. The monoisotopic (exact) mass is 396 g/mol. The third kappa shape index (κ3) is 25.9. The van der Waals surface area contributed by atoms with E-state index >= 15 is 0 Å². The summed E-state index contributed by atoms with van der Waals surface area (Å²) in [5.41, 5.74) is 0. The molecule has 28 heavy (non-hydrogen) atoms. The van der Waals surface area contributed by atoms with Crippen molar-refractivity contribution in [3.05, 3.63) is 0 Å². The van der Waals surface area contributed by atoms with Gasteiger partial charge in [-0.15, -0.1) is 0 Å². The van der Waals surface area contributed by atoms with Crippen molar-refractivity contribution in [2.45, 2.75) is 142 Å². The molecule has 0 spiro atoms. The zero-order valence-corrected chi connectivity index (χ0v) is 20.0. The van der Waals surface area contributed by atoms with Crippen LogP contribution in [0, 0.1) is 0 Å². The van der Waals surface area contributed by atoms with E-state index in [1.165, 1.54) is 155 Å². The SMILES string of the molecule is CCCCCCCCCCNCCCCCCNCCCCCCCCCC. The third-order valence-electron chi connectivity index (χ3n) is 5.87. The van der Waals surface area contributed by atoms with Gasteiger partial charge in [0.1, 0.15) is 0 Å². The summed E-state index contributed by atoms with van der Waals surface area (Å²) < 4.78 is 0. The fraction of sp³-hybridized carbons (Fsp3) is 1.00. The fourth-order valence-electron chi connectivity index (χ4n) is 3.87. The van der Waals surface area contributed by atoms with E-state index in [2.05, 4.69) is 24.5 Å². The highest BCUT2D eigenvalue weighted by molar-refractivity contribution is 4.54. The summed E-state index contributed by atoms with van der Waals surface area (Å²) in [6.45, 7) is 9.50. The lowest BCUT2D eigenvalue weighted by molar-refractivity contribution is 0.526. The predicted molar refractivity (Wildman–Crippen MR) is 129 cm³/mol. The molecule has 0 aliphatic rings. The summed E-state index contributed by atoms with van der Waals surface area (Å²) in [6, 6.07) is 0. The second kappa shape index (κ2) is 26.9. The largest absolute Gasteiger partial charge is 0.317 e. The van der Waals surface area contributed by atoms with Gasteiger partial charge in [-0.25, -0.2) is 0 Å². The molecule has 0 heterocycles. The van der Waals surface area contributed by atoms with Gasteiger partial charge in [0, 0.05) is 0 Å². The van der Waals surface area contributed by atoms with E-state index < -0.39 is 0 Å². The molecule has 0 aliphatic heterocycles. The van der Waals surface area contributed by atoms with Crippen LogP contribution in [0.3, 0.4) is 0 Å². The first-order chi connectivity index (χ1) is 13.9. The Morgan fingerprint density at radius 1 is 0.286 bits per heavy atom. The van der Waals surface area contributed by atoms with Crippen molar-refractivity contribution in [2.75, 3.05) is 26.2 Å². The minimum atomic E-state index is 1.22. The summed E-state index contributed by atoms with van der Waals surface area (Å²) in [6.07, 6.45) is 28.2. The Morgan fingerprint density at radius 2 is 0.500 bits per heavy atom. The highest BCUT2D eigenvalue weighted by Gasteiger charge is 1.94. The molecule has 0 amide bonds. The number of unbranched alkanes of at least 4 members (excludes halogenated alkanes) is 17. The van der Waals surface area contributed by atoms with Gasteiger partial charge in [0.2, 0.25) is 0 Å². The molecule has 0 aromatic heterocycles. The predicted octanol–water partition coefficient (Wildman–Crippen LogP) is 8.01. The van der Waals surface area contributed by atoms with Gasteiger partial charge in [0.15, 0.2) is 0 Å². The molecule has 0 fully saturated rings. The van der Waals surface area contributed by atoms with Crippen LogP contribution in [-0.2, 0) is 0 Å². The van der Waals surface area contributed by atoms with Crippen molar-refractivity contribution in [2.24, 2.45) is 0 Å². The first-order valence-corrected chi connectivity index (χ1v) is 13.3. The van der Waals surface area contributed by atoms with Gasteiger partial charge in [0.05, 0.1) is 0 Å². The molecule has 0 aliphatic carbocycles. The molecule has 0 saturated carbocycles. The Hall–Kier alpha value is -0.0800. The topological polar surface area (TPSA) is 24.1 Å². The second-order valence-electron chi connectivity index (χ2n) is 8.86. The van der Waals surface area contributed by atoms with E-state index in [9.17, 15) is 0 Å². The Balaban J connectivity index is 2.96. The normalized spacial score (nSPS) is 11.4. The zero-order valence-electron chi connectivity index (χ0n) is 20.0. The molecule has 2 heteroatoms. The van der Waals surface area contributed by atoms with Gasteiger partial charge in [-0.05, 0) is 51.9 Å². The maximum absolute atomic E-state index is 3.63. The number of hydrogen-bond donors (Lipinski definition) is 2. The maximum Gasteiger partial charge on any atom is -0.00489 e. The van der Waals surface area contributed by atoms with Gasteiger partial charge in [-0.3, -0.25) is 0 Å². The molecule has 0 radical (unpaired) electrons. The van der Waals surface area contributed by atoms with Gasteiger partial charge in [-0.1, -0.05) is 117 Å². The number of rotatable bonds is 25. The Morgan fingerprint density at radius 3 is 0.750 bits per heavy atom. The van der Waals surface area contributed by atoms with Gasteiger partial charge in [-0.2, -0.15) is 0 Å². The van der Waals surface area contributed by atoms with Crippen LogP contribution in [0.4, 0.5) is 0 Å². The van der Waals surface area contributed by atoms with E-state index in [0.29, 0.717) is 0 Å². The van der Waals surface area contributed by atoms with Crippen molar-refractivity contribution in [1.29, 1.82) is 0 Å². The third-order valence-corrected chi connectivity index (χ3v) is 5.87. The molecule has 0 unspecified atom stereocenters. The second-order valence-corrected chi connectivity index (χ2v) is 8.86. The Kier molecular flexibility index (Phi) is 26.8. The zero-order chi connectivity index (χ0) is 20.4. The first-order valence-electron chi connectivity index (χ1n) is 13.3. The van der Waals surface area contributed by atoms with Crippen molar-refractivity contribution in [3.8, 4) is 0 Å². The van der Waals surface area contributed by atoms with Crippen molar-refractivity contribution in [3.63, 3.8) is 0 Å². The van der Waals surface area contributed by atoms with Crippen LogP contribution < -0.4 is 10.6 Å². The summed E-state index contributed by atoms with van der Waals surface area (Å²) in [5.74, 6) is 0. The Labute approximate surface area is 179 Å². The summed E-state index contributed by atoms with van der Waals surface area (Å²) >= 11 is 0. The van der Waals surface area contributed by atoms with E-state index in [4.69, 9.17) is 0 Å². The van der Waals surface area contributed by atoms with Crippen LogP contribution in [0.1, 0.15) is 142 Å². The molecule has 0 bridgehead atoms. The molecule has 0 rings (SSSR count). The van der Waals surface area contributed by atoms with Crippen molar-refractivity contribution >= 4 is 0 Å². The van der Waals surface area contributed by atoms with Gasteiger partial charge in [0.25, 0.3) is 0 Å². The minimum Gasteiger partial charge on any atom is -0.317 e. The lowest BCUT2D eigenvalue weighted by Gasteiger charge is -2.06. The average Bonchev–Trinajstić information content (AvgIpc) is 2.71. The fourth-order valence-corrected chi connectivity index (χ4v) is 3.87. The molecule has 0 aromatic carbocycles. The standard InChI is InChI=1S/C26H56N2/c1-3-5-7-9-11-13-15-19-23-27-25-21-17-18-22-26-28-24-20-16-14-12-10-8-6-4-2/h27-28H,3-26H2,1-2H3. The van der Waals surface area contributed by atoms with Crippen LogP contribution in [-0.4, -0.2) is 26.2 Å². The van der Waals surface area contributed by atoms with E-state index in [1.54, 1.807) is 0 Å². The first kappa shape index (κ1) is 27.9. The highest BCUT2D eigenvalue weighted by Crippen LogP contribution is 2.09. The van der Waals surface area contributed by atoms with Gasteiger partial charge < -0.3 is 10.6 Å². The number of nitrogens with one attached hydrogen (secondary N) is 2. The summed E-state index contributed by atoms with van der Waals surface area (Å²) in [4.78, 5) is 0. The smallest absolute Gasteiger partial charge is 0.00489 e. The minimum absolute atomic E-state index is 1.22. The molecule has 0 atom stereocenters. The van der Waals surface area contributed by atoms with Crippen LogP contribution >= 0.6 is 0 Å². The summed E-state index contributed by atoms with van der Waals surface area (Å²) in [7, 11) is 0. The lowest BCUT2D eigenvalue weighted by Crippen LogP contribution is -2.17. The molecular weight excluding hydrogens is 340 g/mol. The highest BCUT2D eigenvalue weighted by atomic mass is 14.8. The number of hydrogen-bond acceptors (Lipinski definition) is 2. The van der Waals surface area contributed by atoms with Crippen LogP contribution in [0.25, 0.3) is 0 Å². The van der Waals surface area contributed by atoms with E-state index in [0.717, 1.165) is 0 Å². The van der Waals surface area contributed by atoms with Crippen LogP contribution in [0.5, 0.6) is 0 Å². The van der Waals surface area contributed by atoms with Crippen molar-refractivity contribution < 1.29 is 0 Å². The molecule has 2 nitrogen and oxygen atoms in total.